The molecule has 0 radical (unpaired) electrons. The third-order valence-corrected chi connectivity index (χ3v) is 13.5. The molecule has 0 bridgehead atoms. The minimum absolute atomic E-state index is 0.0235. The number of aliphatic hydroxyl groups is 2. The molecule has 1 aromatic heterocycles. The van der Waals surface area contributed by atoms with Gasteiger partial charge < -0.3 is 34.5 Å². The highest BCUT2D eigenvalue weighted by molar-refractivity contribution is 6.23. The lowest BCUT2D eigenvalue weighted by Gasteiger charge is -2.46. The molecule has 7 aromatic rings. The van der Waals surface area contributed by atoms with E-state index in [-0.39, 0.29) is 56.5 Å². The van der Waals surface area contributed by atoms with Crippen LogP contribution in [0.3, 0.4) is 0 Å². The summed E-state index contributed by atoms with van der Waals surface area (Å²) < 4.78 is 25.5. The van der Waals surface area contributed by atoms with Gasteiger partial charge >= 0.3 is 12.1 Å². The van der Waals surface area contributed by atoms with E-state index < -0.39 is 65.5 Å². The maximum absolute atomic E-state index is 16.5. The molecule has 4 heterocycles. The van der Waals surface area contributed by atoms with E-state index in [1.54, 1.807) is 77.5 Å². The molecular weight excluding hydrogens is 917 g/mol. The Labute approximate surface area is 414 Å². The van der Waals surface area contributed by atoms with Crippen molar-refractivity contribution in [2.24, 2.45) is 5.92 Å². The molecule has 2 saturated heterocycles. The summed E-state index contributed by atoms with van der Waals surface area (Å²) in [5.41, 5.74) is 2.24. The van der Waals surface area contributed by atoms with Crippen molar-refractivity contribution in [2.75, 3.05) is 45.0 Å². The molecule has 3 amide bonds. The Morgan fingerprint density at radius 2 is 1.51 bits per heavy atom. The van der Waals surface area contributed by atoms with Crippen molar-refractivity contribution < 1.29 is 48.3 Å². The van der Waals surface area contributed by atoms with Gasteiger partial charge in [0.1, 0.15) is 48.6 Å². The zero-order valence-electron chi connectivity index (χ0n) is 39.1. The number of para-hydroxylation sites is 2. The number of carbonyl (C=O) groups is 4. The number of nitrogens with one attached hydrogen (secondary N) is 1. The monoisotopic (exact) mass is 966 g/mol. The summed E-state index contributed by atoms with van der Waals surface area (Å²) in [4.78, 5) is 65.3. The Morgan fingerprint density at radius 3 is 2.26 bits per heavy atom. The first kappa shape index (κ1) is 47.5. The standard InChI is InChI=1S/C56H50N6O10/c1-69-32-33-71-55(68)61-43-28-27-36(16-15-29-60-44-25-13-12-24-42(44)58-59-60)34-41(43)56(54(61)67)47(52(65)57-35-45(64)37-17-5-2-6-18-37)49-53(66)72-50(39-21-9-4-10-22-39)48(38-19-7-3-8-20-38)62(49)51(56)40-23-11-14-26-46(40)70-31-30-63/h2-14,17-28,34,45,47-51,63-64H,29-33,35H2,1H3,(H,57,65)/t45-,47-,48-,49-,50+,51+,56-/m0/s1. The van der Waals surface area contributed by atoms with Gasteiger partial charge in [-0.3, -0.25) is 19.3 Å². The van der Waals surface area contributed by atoms with Gasteiger partial charge in [0.05, 0.1) is 48.5 Å². The number of carbonyl (C=O) groups excluding carboxylic acids is 4. The number of rotatable bonds is 14. The highest BCUT2D eigenvalue weighted by Gasteiger charge is 2.76. The number of cyclic esters (lactones) is 1. The summed E-state index contributed by atoms with van der Waals surface area (Å²) in [5.74, 6) is 2.55. The van der Waals surface area contributed by atoms with Crippen molar-refractivity contribution in [3.05, 3.63) is 191 Å². The second-order valence-corrected chi connectivity index (χ2v) is 17.6. The van der Waals surface area contributed by atoms with E-state index in [0.29, 0.717) is 33.3 Å². The zero-order chi connectivity index (χ0) is 49.8. The molecule has 1 spiro atoms. The smallest absolute Gasteiger partial charge is 0.421 e. The Kier molecular flexibility index (Phi) is 13.6. The predicted molar refractivity (Wildman–Crippen MR) is 263 cm³/mol. The van der Waals surface area contributed by atoms with E-state index in [2.05, 4.69) is 27.5 Å². The van der Waals surface area contributed by atoms with Crippen LogP contribution in [-0.2, 0) is 40.6 Å². The lowest BCUT2D eigenvalue weighted by Crippen LogP contribution is -2.56. The van der Waals surface area contributed by atoms with Crippen LogP contribution in [-0.4, -0.2) is 100 Å². The highest BCUT2D eigenvalue weighted by Crippen LogP contribution is 2.66. The zero-order valence-corrected chi connectivity index (χ0v) is 39.1. The molecule has 10 rings (SSSR count). The van der Waals surface area contributed by atoms with Crippen molar-refractivity contribution in [1.29, 1.82) is 0 Å². The van der Waals surface area contributed by atoms with E-state index >= 15 is 14.4 Å². The minimum Gasteiger partial charge on any atom is -0.491 e. The molecule has 0 saturated carbocycles. The van der Waals surface area contributed by atoms with Gasteiger partial charge in [0, 0.05) is 24.8 Å². The first-order valence-electron chi connectivity index (χ1n) is 23.6. The molecule has 3 aliphatic heterocycles. The number of nitrogens with zero attached hydrogens (tertiary/aromatic N) is 5. The lowest BCUT2D eigenvalue weighted by atomic mass is 9.65. The summed E-state index contributed by atoms with van der Waals surface area (Å²) in [6.45, 7) is -0.833. The third kappa shape index (κ3) is 8.51. The quantitative estimate of drug-likeness (QED) is 0.0639. The van der Waals surface area contributed by atoms with Crippen molar-refractivity contribution in [1.82, 2.24) is 25.2 Å². The van der Waals surface area contributed by atoms with Crippen molar-refractivity contribution in [2.45, 2.75) is 42.3 Å². The number of amides is 3. The summed E-state index contributed by atoms with van der Waals surface area (Å²) >= 11 is 0. The largest absolute Gasteiger partial charge is 0.491 e. The van der Waals surface area contributed by atoms with Crippen LogP contribution in [0.5, 0.6) is 5.75 Å². The number of aromatic nitrogens is 3. The van der Waals surface area contributed by atoms with Crippen LogP contribution in [0.4, 0.5) is 10.5 Å². The van der Waals surface area contributed by atoms with Crippen LogP contribution in [0.15, 0.2) is 158 Å². The fraction of sp³-hybridized carbons (Fsp3) is 0.250. The summed E-state index contributed by atoms with van der Waals surface area (Å²) in [6.07, 6.45) is -3.21. The van der Waals surface area contributed by atoms with E-state index in [1.807, 2.05) is 89.8 Å². The maximum Gasteiger partial charge on any atom is 0.421 e. The van der Waals surface area contributed by atoms with Crippen LogP contribution in [0.25, 0.3) is 11.0 Å². The number of anilines is 1. The van der Waals surface area contributed by atoms with Crippen LogP contribution in [0.1, 0.15) is 57.7 Å². The topological polar surface area (TPSA) is 195 Å². The summed E-state index contributed by atoms with van der Waals surface area (Å²) in [6, 6.07) is 43.1. The van der Waals surface area contributed by atoms with Gasteiger partial charge in [0.2, 0.25) is 11.8 Å². The average Bonchev–Trinajstić information content (AvgIpc) is 4.06. The molecule has 0 aliphatic carbocycles. The third-order valence-electron chi connectivity index (χ3n) is 13.5. The SMILES string of the molecule is COCCOC(=O)N1C(=O)[C@@]2(c3cc(C#CCn4nnc5ccccc54)ccc31)[C@H](C(=O)NC[C@H](O)c1ccccc1)[C@H]1C(=O)O[C@H](c3ccccc3)[C@H](c3ccccc3)N1[C@@H]2c1ccccc1OCCO. The Bertz CT molecular complexity index is 3180. The number of esters is 1. The van der Waals surface area contributed by atoms with Crippen LogP contribution in [0.2, 0.25) is 0 Å². The normalized spacial score (nSPS) is 21.6. The van der Waals surface area contributed by atoms with Crippen LogP contribution in [0, 0.1) is 17.8 Å². The van der Waals surface area contributed by atoms with E-state index in [9.17, 15) is 15.0 Å². The molecule has 6 aromatic carbocycles. The van der Waals surface area contributed by atoms with Gasteiger partial charge in [-0.05, 0) is 58.7 Å². The van der Waals surface area contributed by atoms with Gasteiger partial charge in [-0.2, -0.15) is 0 Å². The molecule has 16 heteroatoms. The van der Waals surface area contributed by atoms with E-state index in [4.69, 9.17) is 18.9 Å². The summed E-state index contributed by atoms with van der Waals surface area (Å²) in [5, 5.41) is 33.1. The van der Waals surface area contributed by atoms with Gasteiger partial charge in [-0.1, -0.05) is 138 Å². The second-order valence-electron chi connectivity index (χ2n) is 17.6. The number of hydrogen-bond donors (Lipinski definition) is 3. The fourth-order valence-corrected chi connectivity index (χ4v) is 10.6. The number of ether oxygens (including phenoxy) is 4. The number of fused-ring (bicyclic) bond motifs is 4. The second kappa shape index (κ2) is 20.6. The maximum atomic E-state index is 16.5. The molecule has 3 N–H and O–H groups in total. The number of aliphatic hydroxyl groups excluding tert-OH is 2. The fourth-order valence-electron chi connectivity index (χ4n) is 10.6. The van der Waals surface area contributed by atoms with Gasteiger partial charge in [-0.15, -0.1) is 5.10 Å². The molecule has 0 unspecified atom stereocenters. The summed E-state index contributed by atoms with van der Waals surface area (Å²) in [7, 11) is 1.45. The molecule has 3 aliphatic rings. The van der Waals surface area contributed by atoms with Crippen LogP contribution < -0.4 is 15.0 Å². The number of benzene rings is 6. The molecule has 7 atom stereocenters. The number of hydrogen-bond acceptors (Lipinski definition) is 13. The molecule has 16 nitrogen and oxygen atoms in total. The Balaban J connectivity index is 1.24. The van der Waals surface area contributed by atoms with Crippen molar-refractivity contribution >= 4 is 40.6 Å². The number of morpholine rings is 1. The van der Waals surface area contributed by atoms with Crippen molar-refractivity contribution in [3.63, 3.8) is 0 Å². The first-order valence-corrected chi connectivity index (χ1v) is 23.6. The predicted octanol–water partition coefficient (Wildman–Crippen LogP) is 6.15. The van der Waals surface area contributed by atoms with Gasteiger partial charge in [-0.25, -0.2) is 14.4 Å². The Hall–Kier alpha value is -8.20. The van der Waals surface area contributed by atoms with E-state index in [1.165, 1.54) is 7.11 Å². The van der Waals surface area contributed by atoms with E-state index in [0.717, 1.165) is 10.4 Å². The average molecular weight is 967 g/mol. The molecular formula is C56H50N6O10. The number of imide groups is 1. The van der Waals surface area contributed by atoms with Gasteiger partial charge in [0.25, 0.3) is 0 Å². The Morgan fingerprint density at radius 1 is 0.819 bits per heavy atom. The molecule has 72 heavy (non-hydrogen) atoms. The highest BCUT2D eigenvalue weighted by atomic mass is 16.6. The lowest BCUT2D eigenvalue weighted by molar-refractivity contribution is -0.178. The minimum atomic E-state index is -2.18. The van der Waals surface area contributed by atoms with Gasteiger partial charge in [0.15, 0.2) is 0 Å². The first-order chi connectivity index (χ1) is 35.3. The molecule has 364 valence electrons. The van der Waals surface area contributed by atoms with Crippen molar-refractivity contribution in [3.8, 4) is 17.6 Å². The molecule has 2 fully saturated rings. The number of methoxy groups -OCH3 is 1. The van der Waals surface area contributed by atoms with Crippen LogP contribution >= 0.6 is 0 Å².